The predicted molar refractivity (Wildman–Crippen MR) is 47.2 cm³/mol. The second-order valence-electron chi connectivity index (χ2n) is 4.29. The molecule has 2 aliphatic rings. The van der Waals surface area contributed by atoms with E-state index in [9.17, 15) is 0 Å². The molecule has 0 aromatic heterocycles. The Morgan fingerprint density at radius 3 is 2.40 bits per heavy atom. The van der Waals surface area contributed by atoms with Crippen molar-refractivity contribution in [1.29, 1.82) is 0 Å². The van der Waals surface area contributed by atoms with Crippen LogP contribution in [0, 0.1) is 17.3 Å². The molecule has 0 spiro atoms. The minimum atomic E-state index is 0.401. The minimum Gasteiger partial charge on any atom is -0.0888 e. The third-order valence-corrected chi connectivity index (χ3v) is 4.32. The van der Waals surface area contributed by atoms with Crippen LogP contribution in [-0.4, -0.2) is 4.86 Å². The Morgan fingerprint density at radius 2 is 2.10 bits per heavy atom. The molecule has 0 radical (unpaired) electrons. The van der Waals surface area contributed by atoms with Crippen molar-refractivity contribution in [2.75, 3.05) is 0 Å². The van der Waals surface area contributed by atoms with E-state index in [0.717, 1.165) is 11.8 Å². The summed E-state index contributed by atoms with van der Waals surface area (Å²) in [6.07, 6.45) is 4.20. The predicted octanol–water partition coefficient (Wildman–Crippen LogP) is 2.81. The molecule has 56 valence electrons. The molecule has 2 aliphatic carbocycles. The van der Waals surface area contributed by atoms with E-state index in [0.29, 0.717) is 5.41 Å². The molecule has 0 aromatic carbocycles. The topological polar surface area (TPSA) is 0 Å². The minimum absolute atomic E-state index is 0.401. The van der Waals surface area contributed by atoms with Crippen LogP contribution in [0.15, 0.2) is 0 Å². The fourth-order valence-electron chi connectivity index (χ4n) is 2.60. The van der Waals surface area contributed by atoms with Gasteiger partial charge in [0.2, 0.25) is 0 Å². The lowest BCUT2D eigenvalue weighted by Gasteiger charge is -2.30. The monoisotopic (exact) mass is 154 g/mol. The largest absolute Gasteiger partial charge is 0.0888 e. The van der Waals surface area contributed by atoms with Gasteiger partial charge in [0.1, 0.15) is 0 Å². The first kappa shape index (κ1) is 6.78. The Kier molecular flexibility index (Phi) is 1.23. The Hall–Kier alpha value is 0.0900. The molecule has 2 atom stereocenters. The lowest BCUT2D eigenvalue weighted by Crippen LogP contribution is -2.28. The summed E-state index contributed by atoms with van der Waals surface area (Å²) in [6.45, 7) is 4.64. The van der Waals surface area contributed by atoms with Gasteiger partial charge in [-0.1, -0.05) is 26.1 Å². The van der Waals surface area contributed by atoms with Gasteiger partial charge in [-0.3, -0.25) is 0 Å². The third kappa shape index (κ3) is 0.646. The molecular formula is C9H14S. The van der Waals surface area contributed by atoms with Gasteiger partial charge in [-0.25, -0.2) is 0 Å². The number of hydrogen-bond donors (Lipinski definition) is 0. The van der Waals surface area contributed by atoms with E-state index >= 15 is 0 Å². The van der Waals surface area contributed by atoms with E-state index in [4.69, 9.17) is 12.2 Å². The van der Waals surface area contributed by atoms with Crippen molar-refractivity contribution in [2.45, 2.75) is 33.1 Å². The standard InChI is InChI=1S/C9H14S/c1-9(2)7-4-3-6(5-7)8(9)10/h6-7H,3-5H2,1-2H3. The zero-order valence-electron chi connectivity index (χ0n) is 6.68. The van der Waals surface area contributed by atoms with Crippen molar-refractivity contribution in [3.63, 3.8) is 0 Å². The SMILES string of the molecule is CC1(C)C(=S)C2CCC1C2. The molecule has 1 heteroatoms. The Bertz CT molecular complexity index is 181. The molecule has 0 amide bonds. The summed E-state index contributed by atoms with van der Waals surface area (Å²) < 4.78 is 0. The van der Waals surface area contributed by atoms with E-state index in [2.05, 4.69) is 13.8 Å². The van der Waals surface area contributed by atoms with Gasteiger partial charge in [0.05, 0.1) is 0 Å². The first-order valence-corrected chi connectivity index (χ1v) is 4.57. The highest BCUT2D eigenvalue weighted by molar-refractivity contribution is 7.80. The molecular weight excluding hydrogens is 140 g/mol. The molecule has 2 fully saturated rings. The number of hydrogen-bond acceptors (Lipinski definition) is 1. The van der Waals surface area contributed by atoms with E-state index in [-0.39, 0.29) is 0 Å². The van der Waals surface area contributed by atoms with Crippen molar-refractivity contribution < 1.29 is 0 Å². The van der Waals surface area contributed by atoms with Gasteiger partial charge in [0, 0.05) is 4.86 Å². The van der Waals surface area contributed by atoms with Crippen LogP contribution >= 0.6 is 12.2 Å². The van der Waals surface area contributed by atoms with Crippen molar-refractivity contribution in [3.05, 3.63) is 0 Å². The van der Waals surface area contributed by atoms with Gasteiger partial charge >= 0.3 is 0 Å². The highest BCUT2D eigenvalue weighted by atomic mass is 32.1. The van der Waals surface area contributed by atoms with Crippen molar-refractivity contribution in [3.8, 4) is 0 Å². The maximum atomic E-state index is 5.41. The highest BCUT2D eigenvalue weighted by Crippen LogP contribution is 2.53. The van der Waals surface area contributed by atoms with Gasteiger partial charge in [-0.05, 0) is 36.5 Å². The van der Waals surface area contributed by atoms with E-state index in [1.165, 1.54) is 24.1 Å². The van der Waals surface area contributed by atoms with E-state index in [1.807, 2.05) is 0 Å². The van der Waals surface area contributed by atoms with Gasteiger partial charge in [0.25, 0.3) is 0 Å². The molecule has 0 heterocycles. The average Bonchev–Trinajstić information content (AvgIpc) is 2.37. The quantitative estimate of drug-likeness (QED) is 0.483. The molecule has 0 aliphatic heterocycles. The Labute approximate surface area is 68.0 Å². The molecule has 2 rings (SSSR count). The van der Waals surface area contributed by atoms with Gasteiger partial charge < -0.3 is 0 Å². The Morgan fingerprint density at radius 1 is 1.40 bits per heavy atom. The molecule has 2 bridgehead atoms. The van der Waals surface area contributed by atoms with E-state index < -0.39 is 0 Å². The van der Waals surface area contributed by atoms with Crippen LogP contribution in [0.3, 0.4) is 0 Å². The van der Waals surface area contributed by atoms with Crippen LogP contribution in [0.25, 0.3) is 0 Å². The lowest BCUT2D eigenvalue weighted by atomic mass is 9.76. The molecule has 0 saturated heterocycles. The summed E-state index contributed by atoms with van der Waals surface area (Å²) in [4.78, 5) is 1.36. The van der Waals surface area contributed by atoms with Crippen LogP contribution < -0.4 is 0 Å². The van der Waals surface area contributed by atoms with Gasteiger partial charge in [0.15, 0.2) is 0 Å². The summed E-state index contributed by atoms with van der Waals surface area (Å²) in [6, 6.07) is 0. The summed E-state index contributed by atoms with van der Waals surface area (Å²) in [5.41, 5.74) is 0.401. The second kappa shape index (κ2) is 1.82. The number of thiocarbonyl (C=S) groups is 1. The molecule has 2 saturated carbocycles. The van der Waals surface area contributed by atoms with Crippen molar-refractivity contribution >= 4 is 17.1 Å². The zero-order valence-corrected chi connectivity index (χ0v) is 7.50. The van der Waals surface area contributed by atoms with Crippen LogP contribution in [0.5, 0.6) is 0 Å². The van der Waals surface area contributed by atoms with Crippen molar-refractivity contribution in [1.82, 2.24) is 0 Å². The molecule has 2 unspecified atom stereocenters. The zero-order chi connectivity index (χ0) is 7.35. The third-order valence-electron chi connectivity index (χ3n) is 3.46. The number of rotatable bonds is 0. The average molecular weight is 154 g/mol. The van der Waals surface area contributed by atoms with Crippen LogP contribution in [0.1, 0.15) is 33.1 Å². The van der Waals surface area contributed by atoms with Gasteiger partial charge in [-0.2, -0.15) is 0 Å². The molecule has 0 nitrogen and oxygen atoms in total. The molecule has 10 heavy (non-hydrogen) atoms. The fraction of sp³-hybridized carbons (Fsp3) is 0.889. The fourth-order valence-corrected chi connectivity index (χ4v) is 2.98. The number of fused-ring (bicyclic) bond motifs is 2. The van der Waals surface area contributed by atoms with Crippen LogP contribution in [0.4, 0.5) is 0 Å². The first-order chi connectivity index (χ1) is 4.62. The van der Waals surface area contributed by atoms with Gasteiger partial charge in [-0.15, -0.1) is 0 Å². The first-order valence-electron chi connectivity index (χ1n) is 4.16. The maximum Gasteiger partial charge on any atom is 0.00185 e. The maximum absolute atomic E-state index is 5.41. The summed E-state index contributed by atoms with van der Waals surface area (Å²) in [7, 11) is 0. The van der Waals surface area contributed by atoms with Crippen LogP contribution in [-0.2, 0) is 0 Å². The summed E-state index contributed by atoms with van der Waals surface area (Å²) >= 11 is 5.41. The Balaban J connectivity index is 2.34. The van der Waals surface area contributed by atoms with Crippen LogP contribution in [0.2, 0.25) is 0 Å². The molecule has 0 aromatic rings. The lowest BCUT2D eigenvalue weighted by molar-refractivity contribution is 0.338. The van der Waals surface area contributed by atoms with Crippen molar-refractivity contribution in [2.24, 2.45) is 17.3 Å². The second-order valence-corrected chi connectivity index (χ2v) is 4.73. The summed E-state index contributed by atoms with van der Waals surface area (Å²) in [5.74, 6) is 1.74. The summed E-state index contributed by atoms with van der Waals surface area (Å²) in [5, 5.41) is 0. The normalized spacial score (nSPS) is 42.8. The molecule has 0 N–H and O–H groups in total. The highest BCUT2D eigenvalue weighted by Gasteiger charge is 2.48. The van der Waals surface area contributed by atoms with E-state index in [1.54, 1.807) is 0 Å². The smallest absolute Gasteiger partial charge is 0.00185 e.